The van der Waals surface area contributed by atoms with Gasteiger partial charge in [-0.15, -0.1) is 0 Å². The Labute approximate surface area is 97.6 Å². The summed E-state index contributed by atoms with van der Waals surface area (Å²) >= 11 is 1.62. The molecule has 1 nitrogen and oxygen atoms in total. The summed E-state index contributed by atoms with van der Waals surface area (Å²) in [6.07, 6.45) is -4.60. The van der Waals surface area contributed by atoms with Crippen LogP contribution in [0.4, 0.5) is 17.6 Å². The Morgan fingerprint density at radius 2 is 1.93 bits per heavy atom. The fourth-order valence-electron chi connectivity index (χ4n) is 1.06. The first-order valence-corrected chi connectivity index (χ1v) is 5.13. The molecule has 0 saturated carbocycles. The van der Waals surface area contributed by atoms with Crippen molar-refractivity contribution in [1.82, 2.24) is 0 Å². The predicted molar refractivity (Wildman–Crippen MR) is 55.3 cm³/mol. The summed E-state index contributed by atoms with van der Waals surface area (Å²) < 4.78 is 55.5. The molecule has 0 saturated heterocycles. The van der Waals surface area contributed by atoms with Gasteiger partial charge in [0.15, 0.2) is 11.6 Å². The van der Waals surface area contributed by atoms with E-state index in [4.69, 9.17) is 0 Å². The summed E-state index contributed by atoms with van der Waals surface area (Å²) in [7, 11) is 0. The van der Waals surface area contributed by atoms with Gasteiger partial charge >= 0.3 is 6.18 Å². The van der Waals surface area contributed by atoms with Crippen molar-refractivity contribution in [2.45, 2.75) is 13.1 Å². The van der Waals surface area contributed by atoms with Crippen LogP contribution in [0.15, 0.2) is 12.1 Å². The lowest BCUT2D eigenvalue weighted by molar-refractivity contribution is -0.139. The molecule has 0 heterocycles. The zero-order chi connectivity index (χ0) is 11.6. The third-order valence-corrected chi connectivity index (χ3v) is 2.23. The van der Waals surface area contributed by atoms with Gasteiger partial charge in [0.05, 0.1) is 6.61 Å². The van der Waals surface area contributed by atoms with Crippen LogP contribution in [0, 0.1) is 9.39 Å². The highest BCUT2D eigenvalue weighted by Crippen LogP contribution is 2.38. The van der Waals surface area contributed by atoms with Crippen LogP contribution in [-0.4, -0.2) is 6.61 Å². The van der Waals surface area contributed by atoms with Crippen molar-refractivity contribution in [3.8, 4) is 5.75 Å². The van der Waals surface area contributed by atoms with E-state index in [2.05, 4.69) is 4.74 Å². The first-order chi connectivity index (χ1) is 6.86. The van der Waals surface area contributed by atoms with Crippen molar-refractivity contribution in [2.24, 2.45) is 0 Å². The lowest BCUT2D eigenvalue weighted by Gasteiger charge is -2.14. The molecule has 1 aromatic rings. The molecule has 15 heavy (non-hydrogen) atoms. The number of alkyl halides is 3. The zero-order valence-electron chi connectivity index (χ0n) is 7.66. The van der Waals surface area contributed by atoms with E-state index in [1.54, 1.807) is 22.6 Å². The standard InChI is InChI=1S/C9H7F4IO/c1-2-15-8-6(9(11,12)13)3-5(14)4-7(8)10/h3-4H,2H2,1H3. The summed E-state index contributed by atoms with van der Waals surface area (Å²) in [5.41, 5.74) is -1.08. The highest BCUT2D eigenvalue weighted by atomic mass is 127. The Hall–Kier alpha value is -0.530. The maximum Gasteiger partial charge on any atom is 0.420 e. The molecule has 0 aliphatic carbocycles. The van der Waals surface area contributed by atoms with E-state index in [1.807, 2.05) is 0 Å². The van der Waals surface area contributed by atoms with Crippen LogP contribution in [0.3, 0.4) is 0 Å². The van der Waals surface area contributed by atoms with Gasteiger partial charge in [0.2, 0.25) is 0 Å². The van der Waals surface area contributed by atoms with Crippen molar-refractivity contribution in [1.29, 1.82) is 0 Å². The molecule has 0 aromatic heterocycles. The van der Waals surface area contributed by atoms with Crippen molar-refractivity contribution in [3.05, 3.63) is 27.1 Å². The van der Waals surface area contributed by atoms with Crippen LogP contribution in [-0.2, 0) is 6.18 Å². The van der Waals surface area contributed by atoms with Crippen LogP contribution in [0.2, 0.25) is 0 Å². The monoisotopic (exact) mass is 334 g/mol. The van der Waals surface area contributed by atoms with Gasteiger partial charge in [-0.25, -0.2) is 4.39 Å². The minimum atomic E-state index is -4.60. The number of benzene rings is 1. The van der Waals surface area contributed by atoms with E-state index in [0.717, 1.165) is 12.1 Å². The molecule has 0 fully saturated rings. The molecule has 0 amide bonds. The number of rotatable bonds is 2. The molecule has 0 N–H and O–H groups in total. The van der Waals surface area contributed by atoms with Gasteiger partial charge in [-0.1, -0.05) is 0 Å². The van der Waals surface area contributed by atoms with Gasteiger partial charge in [-0.05, 0) is 41.6 Å². The molecule has 0 unspecified atom stereocenters. The predicted octanol–water partition coefficient (Wildman–Crippen LogP) is 3.85. The second-order valence-corrected chi connectivity index (χ2v) is 3.94. The highest BCUT2D eigenvalue weighted by Gasteiger charge is 2.36. The molecule has 0 atom stereocenters. The van der Waals surface area contributed by atoms with E-state index >= 15 is 0 Å². The SMILES string of the molecule is CCOc1c(F)cc(I)cc1C(F)(F)F. The average molecular weight is 334 g/mol. The van der Waals surface area contributed by atoms with Gasteiger partial charge in [0.25, 0.3) is 0 Å². The van der Waals surface area contributed by atoms with Crippen LogP contribution >= 0.6 is 22.6 Å². The molecule has 1 rings (SSSR count). The Morgan fingerprint density at radius 1 is 1.33 bits per heavy atom. The van der Waals surface area contributed by atoms with Gasteiger partial charge < -0.3 is 4.74 Å². The minimum absolute atomic E-state index is 0.0133. The summed E-state index contributed by atoms with van der Waals surface area (Å²) in [4.78, 5) is 0. The Balaban J connectivity index is 3.33. The van der Waals surface area contributed by atoms with Crippen LogP contribution in [0.5, 0.6) is 5.75 Å². The van der Waals surface area contributed by atoms with Crippen LogP contribution in [0.25, 0.3) is 0 Å². The zero-order valence-corrected chi connectivity index (χ0v) is 9.82. The number of hydrogen-bond donors (Lipinski definition) is 0. The fourth-order valence-corrected chi connectivity index (χ4v) is 1.65. The van der Waals surface area contributed by atoms with E-state index in [0.29, 0.717) is 0 Å². The van der Waals surface area contributed by atoms with Crippen LogP contribution < -0.4 is 4.74 Å². The normalized spacial score (nSPS) is 11.6. The second kappa shape index (κ2) is 4.54. The maximum absolute atomic E-state index is 13.2. The number of halogens is 5. The lowest BCUT2D eigenvalue weighted by Crippen LogP contribution is -2.10. The first kappa shape index (κ1) is 12.5. The number of ether oxygens (including phenoxy) is 1. The maximum atomic E-state index is 13.2. The Morgan fingerprint density at radius 3 is 2.40 bits per heavy atom. The molecule has 84 valence electrons. The van der Waals surface area contributed by atoms with Gasteiger partial charge in [-0.2, -0.15) is 13.2 Å². The molecule has 0 spiro atoms. The third kappa shape index (κ3) is 2.96. The number of hydrogen-bond acceptors (Lipinski definition) is 1. The minimum Gasteiger partial charge on any atom is -0.490 e. The van der Waals surface area contributed by atoms with E-state index in [-0.39, 0.29) is 10.2 Å². The van der Waals surface area contributed by atoms with E-state index in [9.17, 15) is 17.6 Å². The van der Waals surface area contributed by atoms with Gasteiger partial charge in [0.1, 0.15) is 5.56 Å². The molecule has 0 radical (unpaired) electrons. The van der Waals surface area contributed by atoms with Gasteiger partial charge in [0, 0.05) is 3.57 Å². The smallest absolute Gasteiger partial charge is 0.420 e. The summed E-state index contributed by atoms with van der Waals surface area (Å²) in [6, 6.07) is 1.86. The Kier molecular flexibility index (Phi) is 3.80. The highest BCUT2D eigenvalue weighted by molar-refractivity contribution is 14.1. The molecular formula is C9H7F4IO. The summed E-state index contributed by atoms with van der Waals surface area (Å²) in [6.45, 7) is 1.48. The molecule has 0 aliphatic heterocycles. The second-order valence-electron chi connectivity index (χ2n) is 2.70. The summed E-state index contributed by atoms with van der Waals surface area (Å²) in [5, 5.41) is 0. The quantitative estimate of drug-likeness (QED) is 0.590. The van der Waals surface area contributed by atoms with E-state index in [1.165, 1.54) is 6.92 Å². The lowest BCUT2D eigenvalue weighted by atomic mass is 10.2. The summed E-state index contributed by atoms with van der Waals surface area (Å²) in [5.74, 6) is -1.72. The van der Waals surface area contributed by atoms with Crippen LogP contribution in [0.1, 0.15) is 12.5 Å². The van der Waals surface area contributed by atoms with Crippen molar-refractivity contribution >= 4 is 22.6 Å². The largest absolute Gasteiger partial charge is 0.490 e. The molecule has 0 bridgehead atoms. The molecule has 0 aliphatic rings. The molecule has 1 aromatic carbocycles. The molecular weight excluding hydrogens is 327 g/mol. The van der Waals surface area contributed by atoms with Crippen molar-refractivity contribution in [3.63, 3.8) is 0 Å². The van der Waals surface area contributed by atoms with Crippen molar-refractivity contribution < 1.29 is 22.3 Å². The van der Waals surface area contributed by atoms with E-state index < -0.39 is 23.3 Å². The first-order valence-electron chi connectivity index (χ1n) is 4.05. The fraction of sp³-hybridized carbons (Fsp3) is 0.333. The Bertz CT molecular complexity index is 362. The third-order valence-electron chi connectivity index (χ3n) is 1.60. The average Bonchev–Trinajstić information content (AvgIpc) is 2.07. The van der Waals surface area contributed by atoms with Gasteiger partial charge in [-0.3, -0.25) is 0 Å². The topological polar surface area (TPSA) is 9.23 Å². The van der Waals surface area contributed by atoms with Crippen molar-refractivity contribution in [2.75, 3.05) is 6.61 Å². The molecule has 6 heteroatoms.